The number of nitrogens with zero attached hydrogens (tertiary/aromatic N) is 2. The number of rotatable bonds is 7. The number of halogens is 1. The van der Waals surface area contributed by atoms with Gasteiger partial charge in [-0.3, -0.25) is 9.59 Å². The van der Waals surface area contributed by atoms with Crippen LogP contribution in [0.4, 0.5) is 5.69 Å². The van der Waals surface area contributed by atoms with Crippen molar-refractivity contribution in [2.24, 2.45) is 0 Å². The number of ether oxygens (including phenoxy) is 1. The topological polar surface area (TPSA) is 49.9 Å². The summed E-state index contributed by atoms with van der Waals surface area (Å²) in [7, 11) is 3.39. The molecule has 0 spiro atoms. The van der Waals surface area contributed by atoms with Gasteiger partial charge in [-0.15, -0.1) is 11.3 Å². The Hall–Kier alpha value is -2.83. The van der Waals surface area contributed by atoms with Crippen molar-refractivity contribution in [2.45, 2.75) is 0 Å². The number of hydrogen-bond acceptors (Lipinski definition) is 4. The third kappa shape index (κ3) is 5.16. The normalized spacial score (nSPS) is 10.4. The zero-order valence-electron chi connectivity index (χ0n) is 16.2. The average molecular weight is 429 g/mol. The molecule has 0 aliphatic heterocycles. The molecule has 0 saturated heterocycles. The van der Waals surface area contributed by atoms with E-state index in [0.717, 1.165) is 0 Å². The Labute approximate surface area is 179 Å². The van der Waals surface area contributed by atoms with Gasteiger partial charge in [-0.2, -0.15) is 0 Å². The fourth-order valence-electron chi connectivity index (χ4n) is 2.79. The number of carbonyl (C=O) groups is 2. The number of likely N-dealkylation sites (N-methyl/N-ethyl adjacent to an activating group) is 1. The van der Waals surface area contributed by atoms with Crippen LogP contribution in [-0.4, -0.2) is 44.0 Å². The summed E-state index contributed by atoms with van der Waals surface area (Å²) in [6.45, 7) is 0.719. The Balaban J connectivity index is 1.68. The first kappa shape index (κ1) is 20.9. The molecule has 150 valence electrons. The summed E-state index contributed by atoms with van der Waals surface area (Å²) in [6.07, 6.45) is 0. The highest BCUT2D eigenvalue weighted by atomic mass is 35.5. The fraction of sp³-hybridized carbons (Fsp3) is 0.182. The first-order chi connectivity index (χ1) is 14.0. The second kappa shape index (κ2) is 9.58. The average Bonchev–Trinajstić information content (AvgIpc) is 3.27. The van der Waals surface area contributed by atoms with Crippen LogP contribution in [-0.2, 0) is 0 Å². The lowest BCUT2D eigenvalue weighted by Crippen LogP contribution is -2.33. The van der Waals surface area contributed by atoms with E-state index in [1.807, 2.05) is 29.6 Å². The number of anilines is 1. The van der Waals surface area contributed by atoms with Crippen molar-refractivity contribution in [1.82, 2.24) is 4.90 Å². The summed E-state index contributed by atoms with van der Waals surface area (Å²) in [5.74, 6) is 0.327. The van der Waals surface area contributed by atoms with Crippen molar-refractivity contribution in [2.75, 3.05) is 32.1 Å². The molecule has 0 aliphatic carbocycles. The molecular weight excluding hydrogens is 408 g/mol. The minimum atomic E-state index is -0.180. The minimum absolute atomic E-state index is 0.146. The van der Waals surface area contributed by atoms with E-state index in [4.69, 9.17) is 16.3 Å². The van der Waals surface area contributed by atoms with Crippen LogP contribution < -0.4 is 9.64 Å². The minimum Gasteiger partial charge on any atom is -0.492 e. The van der Waals surface area contributed by atoms with Crippen molar-refractivity contribution < 1.29 is 14.3 Å². The number of para-hydroxylation sites is 1. The molecule has 3 rings (SSSR count). The van der Waals surface area contributed by atoms with Crippen LogP contribution in [0.5, 0.6) is 5.75 Å². The molecular formula is C22H21ClN2O3S. The smallest absolute Gasteiger partial charge is 0.268 e. The Bertz CT molecular complexity index is 991. The molecule has 0 unspecified atom stereocenters. The van der Waals surface area contributed by atoms with Crippen molar-refractivity contribution in [3.05, 3.63) is 81.5 Å². The van der Waals surface area contributed by atoms with Crippen LogP contribution in [0.15, 0.2) is 66.0 Å². The molecule has 29 heavy (non-hydrogen) atoms. The number of benzene rings is 2. The molecule has 0 aliphatic rings. The molecule has 0 N–H and O–H groups in total. The van der Waals surface area contributed by atoms with Crippen LogP contribution in [0, 0.1) is 0 Å². The van der Waals surface area contributed by atoms with E-state index in [2.05, 4.69) is 0 Å². The Kier molecular flexibility index (Phi) is 6.90. The Morgan fingerprint density at radius 2 is 1.79 bits per heavy atom. The van der Waals surface area contributed by atoms with Crippen LogP contribution in [0.3, 0.4) is 0 Å². The molecule has 0 atom stereocenters. The van der Waals surface area contributed by atoms with Gasteiger partial charge in [0.2, 0.25) is 0 Å². The standard InChI is InChI=1S/C22H21ClN2O3S/c1-24(12-13-28-17-8-5-7-16(23)15-17)21(26)18-9-3-4-10-19(18)25(2)22(27)20-11-6-14-29-20/h3-11,14-15H,12-13H2,1-2H3. The van der Waals surface area contributed by atoms with Gasteiger partial charge in [-0.05, 0) is 41.8 Å². The predicted octanol–water partition coefficient (Wildman–Crippen LogP) is 4.83. The third-order valence-electron chi connectivity index (χ3n) is 4.37. The van der Waals surface area contributed by atoms with Gasteiger partial charge < -0.3 is 14.5 Å². The first-order valence-electron chi connectivity index (χ1n) is 9.02. The Morgan fingerprint density at radius 1 is 1.00 bits per heavy atom. The fourth-order valence-corrected chi connectivity index (χ4v) is 3.67. The van der Waals surface area contributed by atoms with E-state index in [1.165, 1.54) is 16.2 Å². The molecule has 1 aromatic heterocycles. The second-order valence-electron chi connectivity index (χ2n) is 6.39. The highest BCUT2D eigenvalue weighted by Gasteiger charge is 2.22. The molecule has 0 fully saturated rings. The first-order valence-corrected chi connectivity index (χ1v) is 10.3. The molecule has 2 amide bonds. The van der Waals surface area contributed by atoms with Crippen molar-refractivity contribution in [1.29, 1.82) is 0 Å². The quantitative estimate of drug-likeness (QED) is 0.541. The van der Waals surface area contributed by atoms with Gasteiger partial charge in [0, 0.05) is 19.1 Å². The van der Waals surface area contributed by atoms with E-state index in [0.29, 0.717) is 40.1 Å². The van der Waals surface area contributed by atoms with Crippen molar-refractivity contribution >= 4 is 40.4 Å². The highest BCUT2D eigenvalue weighted by Crippen LogP contribution is 2.24. The molecule has 2 aromatic carbocycles. The second-order valence-corrected chi connectivity index (χ2v) is 7.78. The van der Waals surface area contributed by atoms with E-state index >= 15 is 0 Å². The zero-order valence-corrected chi connectivity index (χ0v) is 17.7. The number of carbonyl (C=O) groups excluding carboxylic acids is 2. The van der Waals surface area contributed by atoms with Crippen LogP contribution in [0.2, 0.25) is 5.02 Å². The monoisotopic (exact) mass is 428 g/mol. The number of amides is 2. The molecule has 1 heterocycles. The highest BCUT2D eigenvalue weighted by molar-refractivity contribution is 7.12. The Morgan fingerprint density at radius 3 is 2.52 bits per heavy atom. The van der Waals surface area contributed by atoms with Crippen LogP contribution >= 0.6 is 22.9 Å². The van der Waals surface area contributed by atoms with Gasteiger partial charge in [0.1, 0.15) is 12.4 Å². The van der Waals surface area contributed by atoms with E-state index < -0.39 is 0 Å². The van der Waals surface area contributed by atoms with Gasteiger partial charge in [0.05, 0.1) is 22.7 Å². The lowest BCUT2D eigenvalue weighted by atomic mass is 10.1. The van der Waals surface area contributed by atoms with Crippen molar-refractivity contribution in [3.8, 4) is 5.75 Å². The van der Waals surface area contributed by atoms with E-state index in [-0.39, 0.29) is 11.8 Å². The summed E-state index contributed by atoms with van der Waals surface area (Å²) in [5, 5.41) is 2.45. The molecule has 5 nitrogen and oxygen atoms in total. The van der Waals surface area contributed by atoms with E-state index in [9.17, 15) is 9.59 Å². The maximum absolute atomic E-state index is 13.0. The maximum atomic E-state index is 13.0. The lowest BCUT2D eigenvalue weighted by molar-refractivity contribution is 0.0774. The lowest BCUT2D eigenvalue weighted by Gasteiger charge is -2.23. The third-order valence-corrected chi connectivity index (χ3v) is 5.46. The van der Waals surface area contributed by atoms with Gasteiger partial charge in [0.25, 0.3) is 11.8 Å². The molecule has 0 saturated carbocycles. The van der Waals surface area contributed by atoms with Gasteiger partial charge in [-0.1, -0.05) is 35.9 Å². The molecule has 0 bridgehead atoms. The predicted molar refractivity (Wildman–Crippen MR) is 117 cm³/mol. The summed E-state index contributed by atoms with van der Waals surface area (Å²) in [6, 6.07) is 17.8. The largest absolute Gasteiger partial charge is 0.492 e. The molecule has 7 heteroatoms. The molecule has 0 radical (unpaired) electrons. The number of hydrogen-bond donors (Lipinski definition) is 0. The SMILES string of the molecule is CN(CCOc1cccc(Cl)c1)C(=O)c1ccccc1N(C)C(=O)c1cccs1. The summed E-state index contributed by atoms with van der Waals surface area (Å²) in [4.78, 5) is 29.4. The zero-order chi connectivity index (χ0) is 20.8. The summed E-state index contributed by atoms with van der Waals surface area (Å²) in [5.41, 5.74) is 1.03. The van der Waals surface area contributed by atoms with Gasteiger partial charge >= 0.3 is 0 Å². The summed E-state index contributed by atoms with van der Waals surface area (Å²) < 4.78 is 5.67. The van der Waals surface area contributed by atoms with E-state index in [1.54, 1.807) is 55.4 Å². The maximum Gasteiger partial charge on any atom is 0.268 e. The molecule has 3 aromatic rings. The van der Waals surface area contributed by atoms with Crippen LogP contribution in [0.25, 0.3) is 0 Å². The van der Waals surface area contributed by atoms with Gasteiger partial charge in [0.15, 0.2) is 0 Å². The van der Waals surface area contributed by atoms with Crippen LogP contribution in [0.1, 0.15) is 20.0 Å². The summed E-state index contributed by atoms with van der Waals surface area (Å²) >= 11 is 7.32. The number of thiophene rings is 1. The van der Waals surface area contributed by atoms with Crippen molar-refractivity contribution in [3.63, 3.8) is 0 Å². The van der Waals surface area contributed by atoms with Gasteiger partial charge in [-0.25, -0.2) is 0 Å².